The summed E-state index contributed by atoms with van der Waals surface area (Å²) in [6.07, 6.45) is 3.69. The maximum Gasteiger partial charge on any atom is 0.345 e. The monoisotopic (exact) mass is 354 g/mol. The van der Waals surface area contributed by atoms with Crippen molar-refractivity contribution in [3.63, 3.8) is 0 Å². The van der Waals surface area contributed by atoms with Gasteiger partial charge in [-0.15, -0.1) is 0 Å². The number of hydrogen-bond acceptors (Lipinski definition) is 5. The summed E-state index contributed by atoms with van der Waals surface area (Å²) in [5, 5.41) is 0. The van der Waals surface area contributed by atoms with E-state index in [2.05, 4.69) is 0 Å². The summed E-state index contributed by atoms with van der Waals surface area (Å²) in [5.41, 5.74) is -0.501. The van der Waals surface area contributed by atoms with Gasteiger partial charge in [0, 0.05) is 6.20 Å². The molecule has 2 aliphatic heterocycles. The number of Topliss-reactive ketones (excluding diaryl/α,β-unsaturated/α-hetero) is 1. The lowest BCUT2D eigenvalue weighted by Gasteiger charge is -2.40. The first-order valence-electron chi connectivity index (χ1n) is 8.38. The van der Waals surface area contributed by atoms with Gasteiger partial charge in [0.25, 0.3) is 5.78 Å². The molecule has 2 aliphatic rings. The lowest BCUT2D eigenvalue weighted by atomic mass is 9.82. The predicted molar refractivity (Wildman–Crippen MR) is 96.4 cm³/mol. The number of ether oxygens (including phenoxy) is 1. The molecule has 0 bridgehead atoms. The molecular formula is C20H22N2O4. The van der Waals surface area contributed by atoms with Gasteiger partial charge in [-0.3, -0.25) is 14.5 Å². The number of nitrogens with zero attached hydrogens (tertiary/aromatic N) is 2. The fraction of sp³-hybridized carbons (Fsp3) is 0.350. The van der Waals surface area contributed by atoms with Crippen LogP contribution in [0.25, 0.3) is 6.08 Å². The van der Waals surface area contributed by atoms with Gasteiger partial charge in [0.15, 0.2) is 5.57 Å². The maximum atomic E-state index is 12.6. The number of esters is 1. The van der Waals surface area contributed by atoms with Crippen LogP contribution < -0.4 is 0 Å². The van der Waals surface area contributed by atoms with E-state index in [0.29, 0.717) is 0 Å². The van der Waals surface area contributed by atoms with E-state index in [-0.39, 0.29) is 11.4 Å². The van der Waals surface area contributed by atoms with E-state index < -0.39 is 28.7 Å². The van der Waals surface area contributed by atoms with Crippen molar-refractivity contribution in [2.24, 2.45) is 0 Å². The number of amides is 1. The number of benzene rings is 1. The summed E-state index contributed by atoms with van der Waals surface area (Å²) in [7, 11) is 1.20. The number of ketones is 1. The second-order valence-corrected chi connectivity index (χ2v) is 7.37. The van der Waals surface area contributed by atoms with Crippen molar-refractivity contribution in [2.45, 2.75) is 38.8 Å². The molecule has 1 amide bonds. The zero-order valence-corrected chi connectivity index (χ0v) is 15.6. The number of carbonyl (C=O) groups is 3. The van der Waals surface area contributed by atoms with Gasteiger partial charge in [0.2, 0.25) is 0 Å². The molecule has 1 fully saturated rings. The van der Waals surface area contributed by atoms with Crippen LogP contribution in [-0.4, -0.2) is 45.6 Å². The van der Waals surface area contributed by atoms with E-state index in [1.165, 1.54) is 12.0 Å². The fourth-order valence-corrected chi connectivity index (χ4v) is 3.37. The molecule has 26 heavy (non-hydrogen) atoms. The third-order valence-electron chi connectivity index (χ3n) is 5.55. The largest absolute Gasteiger partial charge is 0.465 e. The van der Waals surface area contributed by atoms with Crippen molar-refractivity contribution in [1.29, 1.82) is 0 Å². The number of fused-ring (bicyclic) bond motifs is 1. The molecule has 6 nitrogen and oxygen atoms in total. The van der Waals surface area contributed by atoms with Gasteiger partial charge in [0.05, 0.1) is 18.2 Å². The van der Waals surface area contributed by atoms with Crippen molar-refractivity contribution in [3.8, 4) is 0 Å². The first kappa shape index (κ1) is 17.9. The quantitative estimate of drug-likeness (QED) is 0.473. The standard InChI is InChI=1S/C20H22N2O4/c1-19(2)20(3,4)22-16(14(18(25)26-5)15(23)17(22)24)21(19)12-11-13-9-7-6-8-10-13/h6-12H,1-5H3/b12-11+. The Balaban J connectivity index is 2.19. The van der Waals surface area contributed by atoms with Crippen molar-refractivity contribution < 1.29 is 19.1 Å². The highest BCUT2D eigenvalue weighted by molar-refractivity contribution is 6.51. The molecule has 0 saturated carbocycles. The van der Waals surface area contributed by atoms with Gasteiger partial charge in [0.1, 0.15) is 5.82 Å². The summed E-state index contributed by atoms with van der Waals surface area (Å²) in [6.45, 7) is 7.71. The normalized spacial score (nSPS) is 21.0. The Labute approximate surface area is 152 Å². The Kier molecular flexibility index (Phi) is 4.02. The van der Waals surface area contributed by atoms with Gasteiger partial charge in [-0.2, -0.15) is 0 Å². The Morgan fingerprint density at radius 3 is 2.23 bits per heavy atom. The fourth-order valence-electron chi connectivity index (χ4n) is 3.37. The summed E-state index contributed by atoms with van der Waals surface area (Å²) < 4.78 is 4.76. The minimum absolute atomic E-state index is 0.214. The zero-order chi connectivity index (χ0) is 19.3. The molecule has 0 N–H and O–H groups in total. The second kappa shape index (κ2) is 5.83. The van der Waals surface area contributed by atoms with Crippen LogP contribution in [0.4, 0.5) is 0 Å². The van der Waals surface area contributed by atoms with Gasteiger partial charge >= 0.3 is 11.9 Å². The molecule has 1 aromatic carbocycles. The van der Waals surface area contributed by atoms with Crippen LogP contribution in [0.15, 0.2) is 47.9 Å². The second-order valence-electron chi connectivity index (χ2n) is 7.37. The molecule has 2 heterocycles. The number of rotatable bonds is 3. The summed E-state index contributed by atoms with van der Waals surface area (Å²) >= 11 is 0. The highest BCUT2D eigenvalue weighted by atomic mass is 16.5. The average molecular weight is 354 g/mol. The maximum absolute atomic E-state index is 12.6. The molecule has 0 aromatic heterocycles. The smallest absolute Gasteiger partial charge is 0.345 e. The first-order valence-corrected chi connectivity index (χ1v) is 8.38. The summed E-state index contributed by atoms with van der Waals surface area (Å²) in [6, 6.07) is 9.67. The summed E-state index contributed by atoms with van der Waals surface area (Å²) in [5.74, 6) is -2.04. The number of carbonyl (C=O) groups excluding carboxylic acids is 3. The van der Waals surface area contributed by atoms with Gasteiger partial charge in [-0.05, 0) is 39.3 Å². The van der Waals surface area contributed by atoms with Crippen molar-refractivity contribution >= 4 is 23.7 Å². The molecule has 3 rings (SSSR count). The lowest BCUT2D eigenvalue weighted by molar-refractivity contribution is -0.144. The molecule has 6 heteroatoms. The Morgan fingerprint density at radius 2 is 1.65 bits per heavy atom. The predicted octanol–water partition coefficient (Wildman–Crippen LogP) is 2.33. The van der Waals surface area contributed by atoms with Crippen molar-refractivity contribution in [2.75, 3.05) is 7.11 Å². The van der Waals surface area contributed by atoms with Gasteiger partial charge in [-0.1, -0.05) is 30.3 Å². The molecule has 136 valence electrons. The van der Waals surface area contributed by atoms with Crippen molar-refractivity contribution in [3.05, 3.63) is 53.5 Å². The Bertz CT molecular complexity index is 850. The van der Waals surface area contributed by atoms with E-state index in [0.717, 1.165) is 5.56 Å². The van der Waals surface area contributed by atoms with Crippen LogP contribution in [0, 0.1) is 0 Å². The van der Waals surface area contributed by atoms with Gasteiger partial charge < -0.3 is 9.64 Å². The van der Waals surface area contributed by atoms with Crippen LogP contribution in [0.3, 0.4) is 0 Å². The minimum Gasteiger partial charge on any atom is -0.465 e. The van der Waals surface area contributed by atoms with Crippen LogP contribution in [0.5, 0.6) is 0 Å². The van der Waals surface area contributed by atoms with Gasteiger partial charge in [-0.25, -0.2) is 4.79 Å². The highest BCUT2D eigenvalue weighted by Crippen LogP contribution is 2.49. The van der Waals surface area contributed by atoms with Crippen LogP contribution in [0.1, 0.15) is 33.3 Å². The lowest BCUT2D eigenvalue weighted by Crippen LogP contribution is -2.55. The Hall–Kier alpha value is -2.89. The molecule has 0 aliphatic carbocycles. The molecule has 0 spiro atoms. The first-order chi connectivity index (χ1) is 12.1. The number of hydrogen-bond donors (Lipinski definition) is 0. The molecule has 0 radical (unpaired) electrons. The third kappa shape index (κ3) is 2.29. The van der Waals surface area contributed by atoms with Crippen LogP contribution >= 0.6 is 0 Å². The average Bonchev–Trinajstić information content (AvgIpc) is 2.94. The third-order valence-corrected chi connectivity index (χ3v) is 5.55. The SMILES string of the molecule is COC(=O)C1=C2N(/C=C/c3ccccc3)C(C)(C)C(C)(C)N2C(=O)C1=O. The topological polar surface area (TPSA) is 66.9 Å². The van der Waals surface area contributed by atoms with E-state index in [1.54, 1.807) is 6.20 Å². The van der Waals surface area contributed by atoms with E-state index >= 15 is 0 Å². The minimum atomic E-state index is -0.825. The van der Waals surface area contributed by atoms with E-state index in [4.69, 9.17) is 4.74 Å². The summed E-state index contributed by atoms with van der Waals surface area (Å²) in [4.78, 5) is 40.5. The van der Waals surface area contributed by atoms with Crippen molar-refractivity contribution in [1.82, 2.24) is 9.80 Å². The highest BCUT2D eigenvalue weighted by Gasteiger charge is 2.63. The Morgan fingerprint density at radius 1 is 1.04 bits per heavy atom. The molecule has 1 saturated heterocycles. The molecule has 0 unspecified atom stereocenters. The molecule has 1 aromatic rings. The molecular weight excluding hydrogens is 332 g/mol. The molecule has 0 atom stereocenters. The van der Waals surface area contributed by atoms with Crippen LogP contribution in [0.2, 0.25) is 0 Å². The van der Waals surface area contributed by atoms with E-state index in [1.807, 2.05) is 69.0 Å². The van der Waals surface area contributed by atoms with E-state index in [9.17, 15) is 14.4 Å². The number of methoxy groups -OCH3 is 1. The van der Waals surface area contributed by atoms with Crippen LogP contribution in [-0.2, 0) is 19.1 Å². The zero-order valence-electron chi connectivity index (χ0n) is 15.6.